The molecule has 7 heteroatoms. The van der Waals surface area contributed by atoms with Gasteiger partial charge in [0.15, 0.2) is 6.61 Å². The molecule has 6 nitrogen and oxygen atoms in total. The molecule has 1 atom stereocenters. The van der Waals surface area contributed by atoms with Crippen LogP contribution in [0.2, 0.25) is 0 Å². The van der Waals surface area contributed by atoms with Crippen LogP contribution in [0.1, 0.15) is 25.7 Å². The van der Waals surface area contributed by atoms with Gasteiger partial charge in [-0.25, -0.2) is 0 Å². The van der Waals surface area contributed by atoms with Crippen LogP contribution in [0.5, 0.6) is 5.75 Å². The Labute approximate surface area is 161 Å². The van der Waals surface area contributed by atoms with Crippen molar-refractivity contribution in [1.29, 1.82) is 0 Å². The maximum Gasteiger partial charge on any atom is 0.260 e. The van der Waals surface area contributed by atoms with E-state index in [2.05, 4.69) is 10.6 Å². The van der Waals surface area contributed by atoms with Gasteiger partial charge >= 0.3 is 0 Å². The molecule has 144 valence electrons. The van der Waals surface area contributed by atoms with Crippen LogP contribution in [0, 0.1) is 5.92 Å². The SMILES string of the molecule is Cl.O=C(NC1CCCNC1)C1CCN(C(=O)COc2ccccc2)CC1. The molecule has 26 heavy (non-hydrogen) atoms. The second-order valence-corrected chi connectivity index (χ2v) is 6.81. The van der Waals surface area contributed by atoms with Gasteiger partial charge in [0.05, 0.1) is 0 Å². The van der Waals surface area contributed by atoms with E-state index in [9.17, 15) is 9.59 Å². The number of nitrogens with one attached hydrogen (secondary N) is 2. The van der Waals surface area contributed by atoms with Gasteiger partial charge in [0.25, 0.3) is 5.91 Å². The number of hydrogen-bond acceptors (Lipinski definition) is 4. The van der Waals surface area contributed by atoms with E-state index in [1.165, 1.54) is 0 Å². The molecule has 2 amide bonds. The van der Waals surface area contributed by atoms with Crippen LogP contribution >= 0.6 is 12.4 Å². The number of halogens is 1. The molecule has 2 N–H and O–H groups in total. The van der Waals surface area contributed by atoms with Crippen molar-refractivity contribution in [1.82, 2.24) is 15.5 Å². The van der Waals surface area contributed by atoms with Crippen molar-refractivity contribution in [2.75, 3.05) is 32.8 Å². The van der Waals surface area contributed by atoms with Crippen molar-refractivity contribution >= 4 is 24.2 Å². The molecule has 0 aliphatic carbocycles. The first kappa shape index (κ1) is 20.5. The number of benzene rings is 1. The lowest BCUT2D eigenvalue weighted by Crippen LogP contribution is -2.50. The smallest absolute Gasteiger partial charge is 0.260 e. The van der Waals surface area contributed by atoms with Gasteiger partial charge in [0.1, 0.15) is 5.75 Å². The standard InChI is InChI=1S/C19H27N3O3.ClH/c23-18(14-25-17-6-2-1-3-7-17)22-11-8-15(9-12-22)19(24)21-16-5-4-10-20-13-16;/h1-3,6-7,15-16,20H,4-5,8-14H2,(H,21,24);1H. The second-order valence-electron chi connectivity index (χ2n) is 6.81. The fraction of sp³-hybridized carbons (Fsp3) is 0.579. The summed E-state index contributed by atoms with van der Waals surface area (Å²) in [5.74, 6) is 0.841. The maximum absolute atomic E-state index is 12.4. The Balaban J connectivity index is 0.00000243. The molecule has 1 aromatic carbocycles. The highest BCUT2D eigenvalue weighted by Gasteiger charge is 2.28. The van der Waals surface area contributed by atoms with E-state index in [1.54, 1.807) is 4.90 Å². The number of carbonyl (C=O) groups excluding carboxylic acids is 2. The Morgan fingerprint density at radius 3 is 2.54 bits per heavy atom. The molecule has 2 saturated heterocycles. The molecule has 1 aromatic rings. The maximum atomic E-state index is 12.4. The van der Waals surface area contributed by atoms with Crippen LogP contribution in [0.25, 0.3) is 0 Å². The van der Waals surface area contributed by atoms with Gasteiger partial charge in [-0.3, -0.25) is 9.59 Å². The molecule has 2 heterocycles. The number of carbonyl (C=O) groups is 2. The molecule has 2 aliphatic rings. The second kappa shape index (κ2) is 10.4. The minimum absolute atomic E-state index is 0. The summed E-state index contributed by atoms with van der Waals surface area (Å²) in [5.41, 5.74) is 0. The van der Waals surface area contributed by atoms with E-state index in [4.69, 9.17) is 4.74 Å². The molecule has 0 spiro atoms. The number of nitrogens with zero attached hydrogens (tertiary/aromatic N) is 1. The van der Waals surface area contributed by atoms with Crippen molar-refractivity contribution in [3.05, 3.63) is 30.3 Å². The summed E-state index contributed by atoms with van der Waals surface area (Å²) in [6.07, 6.45) is 3.61. The topological polar surface area (TPSA) is 70.7 Å². The Morgan fingerprint density at radius 1 is 1.15 bits per heavy atom. The first-order valence-corrected chi connectivity index (χ1v) is 9.19. The van der Waals surface area contributed by atoms with E-state index in [0.29, 0.717) is 18.8 Å². The summed E-state index contributed by atoms with van der Waals surface area (Å²) in [6, 6.07) is 9.60. The summed E-state index contributed by atoms with van der Waals surface area (Å²) < 4.78 is 5.52. The Hall–Kier alpha value is -1.79. The monoisotopic (exact) mass is 381 g/mol. The molecule has 0 aromatic heterocycles. The van der Waals surface area contributed by atoms with Crippen molar-refractivity contribution in [3.8, 4) is 5.75 Å². The van der Waals surface area contributed by atoms with E-state index >= 15 is 0 Å². The Morgan fingerprint density at radius 2 is 1.88 bits per heavy atom. The Kier molecular flexibility index (Phi) is 8.19. The van der Waals surface area contributed by atoms with Gasteiger partial charge in [-0.05, 0) is 44.4 Å². The molecule has 0 radical (unpaired) electrons. The normalized spacial score (nSPS) is 20.8. The van der Waals surface area contributed by atoms with Gasteiger partial charge in [-0.15, -0.1) is 12.4 Å². The van der Waals surface area contributed by atoms with Crippen LogP contribution in [0.4, 0.5) is 0 Å². The van der Waals surface area contributed by atoms with Gasteiger partial charge in [0.2, 0.25) is 5.91 Å². The summed E-state index contributed by atoms with van der Waals surface area (Å²) in [7, 11) is 0. The van der Waals surface area contributed by atoms with Crippen LogP contribution < -0.4 is 15.4 Å². The number of hydrogen-bond donors (Lipinski definition) is 2. The number of piperidine rings is 2. The fourth-order valence-corrected chi connectivity index (χ4v) is 3.44. The molecular weight excluding hydrogens is 354 g/mol. The molecule has 1 unspecified atom stereocenters. The van der Waals surface area contributed by atoms with Gasteiger partial charge in [0, 0.05) is 31.6 Å². The van der Waals surface area contributed by atoms with E-state index in [1.807, 2.05) is 30.3 Å². The lowest BCUT2D eigenvalue weighted by Gasteiger charge is -2.32. The third-order valence-corrected chi connectivity index (χ3v) is 4.97. The van der Waals surface area contributed by atoms with Crippen molar-refractivity contribution < 1.29 is 14.3 Å². The van der Waals surface area contributed by atoms with Crippen LogP contribution in [-0.4, -0.2) is 55.5 Å². The largest absolute Gasteiger partial charge is 0.484 e. The summed E-state index contributed by atoms with van der Waals surface area (Å²) >= 11 is 0. The molecule has 3 rings (SSSR count). The van der Waals surface area contributed by atoms with Crippen LogP contribution in [-0.2, 0) is 9.59 Å². The molecule has 0 bridgehead atoms. The van der Waals surface area contributed by atoms with Gasteiger partial charge in [-0.2, -0.15) is 0 Å². The summed E-state index contributed by atoms with van der Waals surface area (Å²) in [5, 5.41) is 6.46. The number of ether oxygens (including phenoxy) is 1. The Bertz CT molecular complexity index is 571. The van der Waals surface area contributed by atoms with E-state index in [-0.39, 0.29) is 42.8 Å². The zero-order chi connectivity index (χ0) is 17.5. The lowest BCUT2D eigenvalue weighted by molar-refractivity contribution is -0.137. The van der Waals surface area contributed by atoms with Gasteiger partial charge < -0.3 is 20.3 Å². The summed E-state index contributed by atoms with van der Waals surface area (Å²) in [6.45, 7) is 3.20. The van der Waals surface area contributed by atoms with Crippen molar-refractivity contribution in [2.45, 2.75) is 31.7 Å². The number of para-hydroxylation sites is 1. The first-order chi connectivity index (χ1) is 12.2. The third-order valence-electron chi connectivity index (χ3n) is 4.97. The quantitative estimate of drug-likeness (QED) is 0.812. The highest BCUT2D eigenvalue weighted by molar-refractivity contribution is 5.85. The highest BCUT2D eigenvalue weighted by atomic mass is 35.5. The van der Waals surface area contributed by atoms with Crippen LogP contribution in [0.15, 0.2) is 30.3 Å². The minimum atomic E-state index is -0.0146. The molecular formula is C19H28ClN3O3. The van der Waals surface area contributed by atoms with Crippen LogP contribution in [0.3, 0.4) is 0 Å². The number of rotatable bonds is 5. The highest BCUT2D eigenvalue weighted by Crippen LogP contribution is 2.18. The molecule has 2 aliphatic heterocycles. The first-order valence-electron chi connectivity index (χ1n) is 9.19. The minimum Gasteiger partial charge on any atom is -0.484 e. The zero-order valence-electron chi connectivity index (χ0n) is 15.0. The van der Waals surface area contributed by atoms with E-state index in [0.717, 1.165) is 38.8 Å². The average molecular weight is 382 g/mol. The zero-order valence-corrected chi connectivity index (χ0v) is 15.8. The number of likely N-dealkylation sites (tertiary alicyclic amines) is 1. The number of amides is 2. The fourth-order valence-electron chi connectivity index (χ4n) is 3.44. The summed E-state index contributed by atoms with van der Waals surface area (Å²) in [4.78, 5) is 26.4. The predicted molar refractivity (Wildman–Crippen MR) is 103 cm³/mol. The van der Waals surface area contributed by atoms with Gasteiger partial charge in [-0.1, -0.05) is 18.2 Å². The average Bonchev–Trinajstić information content (AvgIpc) is 2.68. The lowest BCUT2D eigenvalue weighted by atomic mass is 9.95. The molecule has 2 fully saturated rings. The molecule has 0 saturated carbocycles. The predicted octanol–water partition coefficient (Wildman–Crippen LogP) is 1.59. The van der Waals surface area contributed by atoms with Crippen molar-refractivity contribution in [2.24, 2.45) is 5.92 Å². The third kappa shape index (κ3) is 5.88. The van der Waals surface area contributed by atoms with E-state index < -0.39 is 0 Å². The van der Waals surface area contributed by atoms with Crippen molar-refractivity contribution in [3.63, 3.8) is 0 Å².